The van der Waals surface area contributed by atoms with Crippen molar-refractivity contribution in [2.24, 2.45) is 11.1 Å². The number of aromatic amines is 1. The highest BCUT2D eigenvalue weighted by molar-refractivity contribution is 7.80. The Labute approximate surface area is 106 Å². The van der Waals surface area contributed by atoms with Gasteiger partial charge in [0, 0.05) is 24.9 Å². The van der Waals surface area contributed by atoms with Crippen LogP contribution in [0.1, 0.15) is 26.0 Å². The molecule has 1 heterocycles. The summed E-state index contributed by atoms with van der Waals surface area (Å²) in [6.45, 7) is 4.20. The molecule has 17 heavy (non-hydrogen) atoms. The van der Waals surface area contributed by atoms with E-state index >= 15 is 0 Å². The van der Waals surface area contributed by atoms with E-state index in [2.05, 4.69) is 15.3 Å². The normalized spacial score (nSPS) is 14.0. The van der Waals surface area contributed by atoms with E-state index in [0.29, 0.717) is 19.4 Å². The van der Waals surface area contributed by atoms with Crippen LogP contribution in [0.3, 0.4) is 0 Å². The Balaban J connectivity index is 2.46. The fraction of sp³-hybridized carbons (Fsp3) is 0.545. The van der Waals surface area contributed by atoms with Crippen LogP contribution >= 0.6 is 12.2 Å². The van der Waals surface area contributed by atoms with Crippen molar-refractivity contribution < 1.29 is 4.79 Å². The second kappa shape index (κ2) is 5.77. The third kappa shape index (κ3) is 3.26. The lowest BCUT2D eigenvalue weighted by Crippen LogP contribution is -2.47. The molecule has 0 aliphatic carbocycles. The molecule has 1 rings (SSSR count). The first kappa shape index (κ1) is 13.6. The first-order valence-corrected chi connectivity index (χ1v) is 5.97. The highest BCUT2D eigenvalue weighted by Gasteiger charge is 2.34. The highest BCUT2D eigenvalue weighted by atomic mass is 32.1. The summed E-state index contributed by atoms with van der Waals surface area (Å²) in [5, 5.41) is 2.84. The van der Waals surface area contributed by atoms with Gasteiger partial charge in [-0.1, -0.05) is 19.1 Å². The van der Waals surface area contributed by atoms with Crippen molar-refractivity contribution in [3.8, 4) is 0 Å². The second-order valence-corrected chi connectivity index (χ2v) is 4.57. The smallest absolute Gasteiger partial charge is 0.232 e. The van der Waals surface area contributed by atoms with Crippen LogP contribution in [0.15, 0.2) is 12.5 Å². The number of hydrogen-bond acceptors (Lipinski definition) is 3. The van der Waals surface area contributed by atoms with E-state index in [4.69, 9.17) is 18.0 Å². The average molecular weight is 254 g/mol. The molecule has 0 aliphatic rings. The van der Waals surface area contributed by atoms with Gasteiger partial charge in [-0.2, -0.15) is 0 Å². The second-order valence-electron chi connectivity index (χ2n) is 4.13. The number of carbonyl (C=O) groups is 1. The summed E-state index contributed by atoms with van der Waals surface area (Å²) < 4.78 is 0. The number of amides is 1. The van der Waals surface area contributed by atoms with Crippen molar-refractivity contribution >= 4 is 23.1 Å². The summed E-state index contributed by atoms with van der Waals surface area (Å²) >= 11 is 4.94. The molecule has 0 fully saturated rings. The van der Waals surface area contributed by atoms with Crippen LogP contribution in [-0.2, 0) is 11.2 Å². The highest BCUT2D eigenvalue weighted by Crippen LogP contribution is 2.21. The molecule has 1 amide bonds. The van der Waals surface area contributed by atoms with Gasteiger partial charge in [0.05, 0.1) is 16.7 Å². The first-order valence-electron chi connectivity index (χ1n) is 5.56. The molecule has 0 saturated heterocycles. The summed E-state index contributed by atoms with van der Waals surface area (Å²) in [6, 6.07) is 0. The third-order valence-electron chi connectivity index (χ3n) is 2.99. The van der Waals surface area contributed by atoms with Gasteiger partial charge in [-0.05, 0) is 13.3 Å². The maximum Gasteiger partial charge on any atom is 0.232 e. The molecule has 0 aromatic carbocycles. The number of H-pyrrole nitrogens is 1. The number of nitrogens with one attached hydrogen (secondary N) is 2. The summed E-state index contributed by atoms with van der Waals surface area (Å²) in [5.74, 6) is -0.119. The Morgan fingerprint density at radius 1 is 1.71 bits per heavy atom. The maximum atomic E-state index is 12.0. The van der Waals surface area contributed by atoms with Crippen LogP contribution < -0.4 is 11.1 Å². The lowest BCUT2D eigenvalue weighted by Gasteiger charge is -2.25. The molecular formula is C11H18N4OS. The maximum absolute atomic E-state index is 12.0. The van der Waals surface area contributed by atoms with Gasteiger partial charge in [-0.3, -0.25) is 4.79 Å². The molecule has 0 radical (unpaired) electrons. The quantitative estimate of drug-likeness (QED) is 0.655. The van der Waals surface area contributed by atoms with E-state index in [0.717, 1.165) is 5.69 Å². The first-order chi connectivity index (χ1) is 8.00. The van der Waals surface area contributed by atoms with Crippen molar-refractivity contribution in [2.45, 2.75) is 26.7 Å². The molecule has 6 heteroatoms. The van der Waals surface area contributed by atoms with E-state index < -0.39 is 5.41 Å². The Morgan fingerprint density at radius 2 is 2.41 bits per heavy atom. The van der Waals surface area contributed by atoms with E-state index in [1.54, 1.807) is 19.4 Å². The Hall–Kier alpha value is -1.43. The van der Waals surface area contributed by atoms with Crippen LogP contribution in [0.4, 0.5) is 0 Å². The number of aromatic nitrogens is 2. The standard InChI is InChI=1S/C11H18N4OS/c1-3-11(2,9(12)17)10(16)14-5-4-8-6-13-7-15-8/h6-7H,3-5H2,1-2H3,(H2,12,17)(H,13,15)(H,14,16). The zero-order valence-corrected chi connectivity index (χ0v) is 10.9. The summed E-state index contributed by atoms with van der Waals surface area (Å²) in [5.41, 5.74) is 5.83. The minimum atomic E-state index is -0.761. The minimum Gasteiger partial charge on any atom is -0.392 e. The van der Waals surface area contributed by atoms with E-state index in [1.165, 1.54) is 0 Å². The zero-order valence-electron chi connectivity index (χ0n) is 10.1. The number of rotatable bonds is 6. The molecule has 1 atom stereocenters. The summed E-state index contributed by atoms with van der Waals surface area (Å²) in [4.78, 5) is 19.1. The largest absolute Gasteiger partial charge is 0.392 e. The molecule has 5 nitrogen and oxygen atoms in total. The number of nitrogens with two attached hydrogens (primary N) is 1. The SMILES string of the molecule is CCC(C)(C(=O)NCCc1cnc[nH]1)C(N)=S. The van der Waals surface area contributed by atoms with Crippen LogP contribution in [0, 0.1) is 5.41 Å². The fourth-order valence-corrected chi connectivity index (χ4v) is 1.61. The molecule has 0 saturated carbocycles. The molecule has 0 bridgehead atoms. The van der Waals surface area contributed by atoms with Gasteiger partial charge in [-0.15, -0.1) is 0 Å². The fourth-order valence-electron chi connectivity index (χ4n) is 1.37. The summed E-state index contributed by atoms with van der Waals surface area (Å²) in [6.07, 6.45) is 4.65. The molecule has 1 aromatic heterocycles. The van der Waals surface area contributed by atoms with Crippen molar-refractivity contribution in [3.05, 3.63) is 18.2 Å². The molecular weight excluding hydrogens is 236 g/mol. The molecule has 1 unspecified atom stereocenters. The van der Waals surface area contributed by atoms with Gasteiger partial charge < -0.3 is 16.0 Å². The van der Waals surface area contributed by atoms with Crippen LogP contribution in [0.2, 0.25) is 0 Å². The van der Waals surface area contributed by atoms with Gasteiger partial charge >= 0.3 is 0 Å². The zero-order chi connectivity index (χ0) is 12.9. The Morgan fingerprint density at radius 3 is 2.88 bits per heavy atom. The van der Waals surface area contributed by atoms with Gasteiger partial charge in [0.2, 0.25) is 5.91 Å². The predicted octanol–water partition coefficient (Wildman–Crippen LogP) is 0.771. The monoisotopic (exact) mass is 254 g/mol. The molecule has 1 aromatic rings. The number of thiocarbonyl (C=S) groups is 1. The topological polar surface area (TPSA) is 83.8 Å². The summed E-state index contributed by atoms with van der Waals surface area (Å²) in [7, 11) is 0. The van der Waals surface area contributed by atoms with E-state index in [-0.39, 0.29) is 10.9 Å². The van der Waals surface area contributed by atoms with Crippen LogP contribution in [0.5, 0.6) is 0 Å². The van der Waals surface area contributed by atoms with Gasteiger partial charge in [-0.25, -0.2) is 4.98 Å². The van der Waals surface area contributed by atoms with Crippen molar-refractivity contribution in [3.63, 3.8) is 0 Å². The predicted molar refractivity (Wildman–Crippen MR) is 70.5 cm³/mol. The lowest BCUT2D eigenvalue weighted by atomic mass is 9.86. The molecule has 94 valence electrons. The van der Waals surface area contributed by atoms with E-state index in [1.807, 2.05) is 6.92 Å². The van der Waals surface area contributed by atoms with Crippen LogP contribution in [-0.4, -0.2) is 27.4 Å². The van der Waals surface area contributed by atoms with Gasteiger partial charge in [0.15, 0.2) is 0 Å². The van der Waals surface area contributed by atoms with Gasteiger partial charge in [0.1, 0.15) is 0 Å². The van der Waals surface area contributed by atoms with Crippen molar-refractivity contribution in [1.82, 2.24) is 15.3 Å². The third-order valence-corrected chi connectivity index (χ3v) is 3.44. The molecule has 0 spiro atoms. The average Bonchev–Trinajstić information content (AvgIpc) is 2.80. The Kier molecular flexibility index (Phi) is 4.62. The minimum absolute atomic E-state index is 0.119. The van der Waals surface area contributed by atoms with Crippen LogP contribution in [0.25, 0.3) is 0 Å². The number of carbonyl (C=O) groups excluding carboxylic acids is 1. The van der Waals surface area contributed by atoms with Crippen molar-refractivity contribution in [1.29, 1.82) is 0 Å². The van der Waals surface area contributed by atoms with E-state index in [9.17, 15) is 4.79 Å². The molecule has 0 aliphatic heterocycles. The van der Waals surface area contributed by atoms with Gasteiger partial charge in [0.25, 0.3) is 0 Å². The van der Waals surface area contributed by atoms with Crippen molar-refractivity contribution in [2.75, 3.05) is 6.54 Å². The lowest BCUT2D eigenvalue weighted by molar-refractivity contribution is -0.126. The Bertz CT molecular complexity index is 390. The number of imidazole rings is 1. The number of hydrogen-bond donors (Lipinski definition) is 3. The molecule has 4 N–H and O–H groups in total. The number of nitrogens with zero attached hydrogens (tertiary/aromatic N) is 1.